The number of alkyl halides is 3. The summed E-state index contributed by atoms with van der Waals surface area (Å²) in [6, 6.07) is 5.54. The summed E-state index contributed by atoms with van der Waals surface area (Å²) in [5.74, 6) is 0.119. The zero-order valence-corrected chi connectivity index (χ0v) is 8.99. The van der Waals surface area contributed by atoms with Crippen molar-refractivity contribution in [2.24, 2.45) is 4.99 Å². The normalized spacial score (nSPS) is 12.7. The predicted molar refractivity (Wildman–Crippen MR) is 54.5 cm³/mol. The number of ether oxygens (including phenoxy) is 1. The minimum Gasteiger partial charge on any atom is -0.484 e. The second kappa shape index (κ2) is 5.50. The van der Waals surface area contributed by atoms with Crippen LogP contribution in [0.2, 0.25) is 0 Å². The van der Waals surface area contributed by atoms with E-state index < -0.39 is 12.8 Å². The maximum atomic E-state index is 11.9. The molecule has 3 nitrogen and oxygen atoms in total. The molecule has 0 saturated heterocycles. The van der Waals surface area contributed by atoms with Crippen LogP contribution < -0.4 is 4.74 Å². The summed E-state index contributed by atoms with van der Waals surface area (Å²) in [4.78, 5) is 13.5. The predicted octanol–water partition coefficient (Wildman–Crippen LogP) is 3.02. The van der Waals surface area contributed by atoms with Crippen molar-refractivity contribution in [3.8, 4) is 5.75 Å². The number of hydrogen-bond acceptors (Lipinski definition) is 3. The molecule has 0 spiro atoms. The number of rotatable bonds is 4. The average molecular weight is 245 g/mol. The van der Waals surface area contributed by atoms with E-state index in [9.17, 15) is 18.0 Å². The highest BCUT2D eigenvalue weighted by atomic mass is 19.4. The number of benzene rings is 1. The summed E-state index contributed by atoms with van der Waals surface area (Å²) in [5, 5.41) is 0. The van der Waals surface area contributed by atoms with Gasteiger partial charge in [0.05, 0.1) is 6.04 Å². The van der Waals surface area contributed by atoms with Crippen molar-refractivity contribution in [3.63, 3.8) is 0 Å². The Morgan fingerprint density at radius 3 is 2.41 bits per heavy atom. The van der Waals surface area contributed by atoms with Gasteiger partial charge in [-0.25, -0.2) is 4.79 Å². The van der Waals surface area contributed by atoms with Gasteiger partial charge in [-0.3, -0.25) is 0 Å². The highest BCUT2D eigenvalue weighted by molar-refractivity contribution is 5.36. The third-order valence-corrected chi connectivity index (χ3v) is 2.01. The molecule has 0 radical (unpaired) electrons. The fourth-order valence-electron chi connectivity index (χ4n) is 1.16. The van der Waals surface area contributed by atoms with E-state index in [0.29, 0.717) is 5.56 Å². The molecule has 0 amide bonds. The van der Waals surface area contributed by atoms with Crippen LogP contribution in [0.15, 0.2) is 29.3 Å². The lowest BCUT2D eigenvalue weighted by atomic mass is 10.1. The Morgan fingerprint density at radius 1 is 1.35 bits per heavy atom. The van der Waals surface area contributed by atoms with E-state index in [1.54, 1.807) is 19.1 Å². The van der Waals surface area contributed by atoms with Crippen LogP contribution in [0.4, 0.5) is 13.2 Å². The molecule has 0 fully saturated rings. The Labute approximate surface area is 95.9 Å². The lowest BCUT2D eigenvalue weighted by molar-refractivity contribution is -0.153. The van der Waals surface area contributed by atoms with E-state index in [0.717, 1.165) is 0 Å². The monoisotopic (exact) mass is 245 g/mol. The first-order chi connectivity index (χ1) is 7.92. The van der Waals surface area contributed by atoms with Crippen LogP contribution in [-0.4, -0.2) is 18.9 Å². The SMILES string of the molecule is C[C@H](N=C=O)c1ccc(OCC(F)(F)F)cc1. The summed E-state index contributed by atoms with van der Waals surface area (Å²) < 4.78 is 40.1. The van der Waals surface area contributed by atoms with Crippen LogP contribution in [0.3, 0.4) is 0 Å². The zero-order valence-electron chi connectivity index (χ0n) is 8.99. The minimum atomic E-state index is -4.35. The molecular weight excluding hydrogens is 235 g/mol. The third-order valence-electron chi connectivity index (χ3n) is 2.01. The van der Waals surface area contributed by atoms with Crippen molar-refractivity contribution >= 4 is 6.08 Å². The molecule has 1 aromatic rings. The summed E-state index contributed by atoms with van der Waals surface area (Å²) in [5.41, 5.74) is 0.702. The molecule has 1 aromatic carbocycles. The van der Waals surface area contributed by atoms with Crippen molar-refractivity contribution in [3.05, 3.63) is 29.8 Å². The van der Waals surface area contributed by atoms with Crippen LogP contribution in [-0.2, 0) is 4.79 Å². The number of hydrogen-bond donors (Lipinski definition) is 0. The molecule has 17 heavy (non-hydrogen) atoms. The molecule has 0 aliphatic rings. The van der Waals surface area contributed by atoms with Crippen molar-refractivity contribution < 1.29 is 22.7 Å². The van der Waals surface area contributed by atoms with Gasteiger partial charge < -0.3 is 4.74 Å². The van der Waals surface area contributed by atoms with Crippen LogP contribution in [0.1, 0.15) is 18.5 Å². The van der Waals surface area contributed by atoms with Gasteiger partial charge in [-0.05, 0) is 24.6 Å². The highest BCUT2D eigenvalue weighted by Gasteiger charge is 2.28. The first-order valence-corrected chi connectivity index (χ1v) is 4.79. The van der Waals surface area contributed by atoms with E-state index >= 15 is 0 Å². The van der Waals surface area contributed by atoms with Crippen molar-refractivity contribution in [1.29, 1.82) is 0 Å². The van der Waals surface area contributed by atoms with Gasteiger partial charge >= 0.3 is 6.18 Å². The first-order valence-electron chi connectivity index (χ1n) is 4.79. The Bertz CT molecular complexity index is 408. The lowest BCUT2D eigenvalue weighted by Gasteiger charge is -2.10. The molecule has 0 N–H and O–H groups in total. The number of aliphatic imine (C=N–C) groups is 1. The van der Waals surface area contributed by atoms with Gasteiger partial charge in [0.25, 0.3) is 0 Å². The van der Waals surface area contributed by atoms with Crippen LogP contribution in [0.5, 0.6) is 5.75 Å². The molecule has 0 aromatic heterocycles. The molecule has 92 valence electrons. The molecule has 0 saturated carbocycles. The van der Waals surface area contributed by atoms with Crippen molar-refractivity contribution in [2.45, 2.75) is 19.1 Å². The number of halogens is 3. The molecule has 0 aliphatic carbocycles. The molecular formula is C11H10F3NO2. The summed E-state index contributed by atoms with van der Waals surface area (Å²) in [7, 11) is 0. The van der Waals surface area contributed by atoms with Gasteiger partial charge in [0.2, 0.25) is 6.08 Å². The minimum absolute atomic E-state index is 0.119. The van der Waals surface area contributed by atoms with Gasteiger partial charge in [0, 0.05) is 0 Å². The van der Waals surface area contributed by atoms with Gasteiger partial charge in [0.15, 0.2) is 6.61 Å². The molecule has 6 heteroatoms. The van der Waals surface area contributed by atoms with Crippen LogP contribution >= 0.6 is 0 Å². The summed E-state index contributed by atoms with van der Waals surface area (Å²) in [6.07, 6.45) is -2.93. The zero-order chi connectivity index (χ0) is 12.9. The molecule has 1 rings (SSSR count). The fourth-order valence-corrected chi connectivity index (χ4v) is 1.16. The van der Waals surface area contributed by atoms with E-state index in [1.807, 2.05) is 0 Å². The first kappa shape index (κ1) is 13.3. The Hall–Kier alpha value is -1.81. The lowest BCUT2D eigenvalue weighted by Crippen LogP contribution is -2.19. The number of carbonyl (C=O) groups excluding carboxylic acids is 1. The smallest absolute Gasteiger partial charge is 0.422 e. The Morgan fingerprint density at radius 2 is 1.94 bits per heavy atom. The van der Waals surface area contributed by atoms with Crippen LogP contribution in [0, 0.1) is 0 Å². The maximum Gasteiger partial charge on any atom is 0.422 e. The van der Waals surface area contributed by atoms with E-state index in [4.69, 9.17) is 0 Å². The molecule has 0 unspecified atom stereocenters. The van der Waals surface area contributed by atoms with E-state index in [1.165, 1.54) is 18.2 Å². The van der Waals surface area contributed by atoms with Crippen molar-refractivity contribution in [2.75, 3.05) is 6.61 Å². The van der Waals surface area contributed by atoms with Crippen LogP contribution in [0.25, 0.3) is 0 Å². The molecule has 0 heterocycles. The van der Waals surface area contributed by atoms with Crippen molar-refractivity contribution in [1.82, 2.24) is 0 Å². The second-order valence-electron chi connectivity index (χ2n) is 3.37. The number of nitrogens with zero attached hydrogens (tertiary/aromatic N) is 1. The van der Waals surface area contributed by atoms with E-state index in [2.05, 4.69) is 9.73 Å². The van der Waals surface area contributed by atoms with Gasteiger partial charge in [0.1, 0.15) is 5.75 Å². The molecule has 0 bridgehead atoms. The van der Waals surface area contributed by atoms with Gasteiger partial charge in [-0.2, -0.15) is 18.2 Å². The van der Waals surface area contributed by atoms with Gasteiger partial charge in [-0.1, -0.05) is 12.1 Å². The largest absolute Gasteiger partial charge is 0.484 e. The van der Waals surface area contributed by atoms with E-state index in [-0.39, 0.29) is 11.8 Å². The third kappa shape index (κ3) is 4.70. The molecule has 1 atom stereocenters. The van der Waals surface area contributed by atoms with Gasteiger partial charge in [-0.15, -0.1) is 0 Å². The summed E-state index contributed by atoms with van der Waals surface area (Å²) >= 11 is 0. The molecule has 0 aliphatic heterocycles. The highest BCUT2D eigenvalue weighted by Crippen LogP contribution is 2.22. The topological polar surface area (TPSA) is 38.7 Å². The standard InChI is InChI=1S/C11H10F3NO2/c1-8(15-7-16)9-2-4-10(5-3-9)17-6-11(12,13)14/h2-5,8H,6H2,1H3/t8-/m0/s1. The number of isocyanates is 1. The second-order valence-corrected chi connectivity index (χ2v) is 3.37. The average Bonchev–Trinajstić information content (AvgIpc) is 2.26. The summed E-state index contributed by atoms with van der Waals surface area (Å²) in [6.45, 7) is 0.352. The quantitative estimate of drug-likeness (QED) is 0.604. The maximum absolute atomic E-state index is 11.9. The fraction of sp³-hybridized carbons (Fsp3) is 0.364. The Kier molecular flexibility index (Phi) is 4.29. The Balaban J connectivity index is 2.65.